The van der Waals surface area contributed by atoms with E-state index in [1.54, 1.807) is 12.1 Å². The summed E-state index contributed by atoms with van der Waals surface area (Å²) >= 11 is 0. The van der Waals surface area contributed by atoms with Crippen LogP contribution in [0.1, 0.15) is 21.9 Å². The summed E-state index contributed by atoms with van der Waals surface area (Å²) in [5, 5.41) is 8.95. The maximum Gasteiger partial charge on any atom is 0.335 e. The van der Waals surface area contributed by atoms with Crippen LogP contribution in [-0.4, -0.2) is 27.7 Å². The second-order valence-corrected chi connectivity index (χ2v) is 3.99. The molecule has 0 aliphatic rings. The molecule has 1 aromatic heterocycles. The van der Waals surface area contributed by atoms with E-state index in [0.29, 0.717) is 5.75 Å². The number of aromatic nitrogens is 2. The summed E-state index contributed by atoms with van der Waals surface area (Å²) in [5.74, 6) is 0.364. The lowest BCUT2D eigenvalue weighted by atomic mass is 10.2. The summed E-state index contributed by atoms with van der Waals surface area (Å²) in [4.78, 5) is 15.2. The highest BCUT2D eigenvalue weighted by Crippen LogP contribution is 2.25. The van der Waals surface area contributed by atoms with E-state index in [1.807, 2.05) is 24.6 Å². The van der Waals surface area contributed by atoms with E-state index >= 15 is 0 Å². The number of methoxy groups -OCH3 is 1. The SMILES string of the molecule is COc1cc(C(=O)O)ccc1-n1cc(C)nc1C. The molecule has 94 valence electrons. The highest BCUT2D eigenvalue weighted by Gasteiger charge is 2.12. The van der Waals surface area contributed by atoms with Crippen LogP contribution in [0.25, 0.3) is 5.69 Å². The Morgan fingerprint density at radius 2 is 2.11 bits per heavy atom. The molecule has 0 atom stereocenters. The van der Waals surface area contributed by atoms with Gasteiger partial charge < -0.3 is 14.4 Å². The average Bonchev–Trinajstić information content (AvgIpc) is 2.67. The number of ether oxygens (including phenoxy) is 1. The number of carboxylic acid groups (broad SMARTS) is 1. The smallest absolute Gasteiger partial charge is 0.335 e. The first-order valence-corrected chi connectivity index (χ1v) is 5.47. The van der Waals surface area contributed by atoms with Crippen molar-refractivity contribution in [1.29, 1.82) is 0 Å². The minimum absolute atomic E-state index is 0.199. The molecule has 0 fully saturated rings. The molecule has 0 unspecified atom stereocenters. The highest BCUT2D eigenvalue weighted by atomic mass is 16.5. The normalized spacial score (nSPS) is 10.4. The zero-order chi connectivity index (χ0) is 13.3. The third-order valence-corrected chi connectivity index (χ3v) is 2.69. The number of aromatic carboxylic acids is 1. The van der Waals surface area contributed by atoms with Gasteiger partial charge in [0, 0.05) is 6.20 Å². The van der Waals surface area contributed by atoms with Crippen LogP contribution in [0.15, 0.2) is 24.4 Å². The van der Waals surface area contributed by atoms with E-state index < -0.39 is 5.97 Å². The van der Waals surface area contributed by atoms with E-state index in [-0.39, 0.29) is 5.56 Å². The molecular weight excluding hydrogens is 232 g/mol. The van der Waals surface area contributed by atoms with Gasteiger partial charge in [0.05, 0.1) is 24.1 Å². The fourth-order valence-electron chi connectivity index (χ4n) is 1.87. The first kappa shape index (κ1) is 12.2. The van der Waals surface area contributed by atoms with Gasteiger partial charge in [0.15, 0.2) is 0 Å². The first-order chi connectivity index (χ1) is 8.52. The minimum atomic E-state index is -0.974. The molecule has 0 bridgehead atoms. The molecule has 0 amide bonds. The maximum atomic E-state index is 10.9. The lowest BCUT2D eigenvalue weighted by molar-refractivity contribution is 0.0696. The van der Waals surface area contributed by atoms with Crippen molar-refractivity contribution in [2.75, 3.05) is 7.11 Å². The summed E-state index contributed by atoms with van der Waals surface area (Å²) in [6.45, 7) is 3.79. The second-order valence-electron chi connectivity index (χ2n) is 3.99. The van der Waals surface area contributed by atoms with Crippen molar-refractivity contribution in [3.63, 3.8) is 0 Å². The van der Waals surface area contributed by atoms with Crippen molar-refractivity contribution in [2.24, 2.45) is 0 Å². The van der Waals surface area contributed by atoms with Crippen LogP contribution >= 0.6 is 0 Å². The van der Waals surface area contributed by atoms with Gasteiger partial charge in [-0.2, -0.15) is 0 Å². The molecule has 1 aromatic carbocycles. The quantitative estimate of drug-likeness (QED) is 0.901. The summed E-state index contributed by atoms with van der Waals surface area (Å²) < 4.78 is 7.12. The lowest BCUT2D eigenvalue weighted by Crippen LogP contribution is -2.02. The van der Waals surface area contributed by atoms with Crippen LogP contribution in [0.3, 0.4) is 0 Å². The molecule has 0 aliphatic heterocycles. The number of carboxylic acids is 1. The lowest BCUT2D eigenvalue weighted by Gasteiger charge is -2.11. The van der Waals surface area contributed by atoms with Crippen molar-refractivity contribution in [2.45, 2.75) is 13.8 Å². The summed E-state index contributed by atoms with van der Waals surface area (Å²) in [6, 6.07) is 4.78. The monoisotopic (exact) mass is 246 g/mol. The summed E-state index contributed by atoms with van der Waals surface area (Å²) in [6.07, 6.45) is 1.88. The Hall–Kier alpha value is -2.30. The maximum absolute atomic E-state index is 10.9. The first-order valence-electron chi connectivity index (χ1n) is 5.47. The van der Waals surface area contributed by atoms with Crippen LogP contribution in [0.5, 0.6) is 5.75 Å². The van der Waals surface area contributed by atoms with Gasteiger partial charge in [0.25, 0.3) is 0 Å². The third-order valence-electron chi connectivity index (χ3n) is 2.69. The Morgan fingerprint density at radius 3 is 2.61 bits per heavy atom. The molecule has 0 aliphatic carbocycles. The largest absolute Gasteiger partial charge is 0.495 e. The second kappa shape index (κ2) is 4.52. The zero-order valence-electron chi connectivity index (χ0n) is 10.5. The van der Waals surface area contributed by atoms with Gasteiger partial charge in [-0.15, -0.1) is 0 Å². The van der Waals surface area contributed by atoms with Crippen LogP contribution in [0.4, 0.5) is 0 Å². The van der Waals surface area contributed by atoms with Gasteiger partial charge in [-0.1, -0.05) is 0 Å². The zero-order valence-corrected chi connectivity index (χ0v) is 10.5. The molecule has 0 saturated heterocycles. The number of hydrogen-bond donors (Lipinski definition) is 1. The molecular formula is C13H14N2O3. The fourth-order valence-corrected chi connectivity index (χ4v) is 1.87. The summed E-state index contributed by atoms with van der Waals surface area (Å²) in [7, 11) is 1.52. The van der Waals surface area contributed by atoms with E-state index in [2.05, 4.69) is 4.98 Å². The van der Waals surface area contributed by atoms with Gasteiger partial charge in [0.1, 0.15) is 11.6 Å². The third kappa shape index (κ3) is 2.07. The average molecular weight is 246 g/mol. The van der Waals surface area contributed by atoms with Gasteiger partial charge in [-0.3, -0.25) is 0 Å². The predicted octanol–water partition coefficient (Wildman–Crippen LogP) is 2.20. The minimum Gasteiger partial charge on any atom is -0.495 e. The van der Waals surface area contributed by atoms with Crippen molar-refractivity contribution in [1.82, 2.24) is 9.55 Å². The van der Waals surface area contributed by atoms with Crippen LogP contribution < -0.4 is 4.74 Å². The highest BCUT2D eigenvalue weighted by molar-refractivity contribution is 5.88. The van der Waals surface area contributed by atoms with Crippen LogP contribution in [0.2, 0.25) is 0 Å². The number of nitrogens with zero attached hydrogens (tertiary/aromatic N) is 2. The molecule has 5 nitrogen and oxygen atoms in total. The van der Waals surface area contributed by atoms with Gasteiger partial charge >= 0.3 is 5.97 Å². The van der Waals surface area contributed by atoms with Gasteiger partial charge in [0.2, 0.25) is 0 Å². The number of imidazole rings is 1. The van der Waals surface area contributed by atoms with E-state index in [4.69, 9.17) is 9.84 Å². The predicted molar refractivity (Wildman–Crippen MR) is 66.5 cm³/mol. The van der Waals surface area contributed by atoms with Gasteiger partial charge in [-0.05, 0) is 32.0 Å². The Bertz CT molecular complexity index is 602. The Balaban J connectivity index is 2.58. The molecule has 1 heterocycles. The Morgan fingerprint density at radius 1 is 1.39 bits per heavy atom. The number of carbonyl (C=O) groups is 1. The molecule has 2 aromatic rings. The van der Waals surface area contributed by atoms with E-state index in [9.17, 15) is 4.79 Å². The van der Waals surface area contributed by atoms with Crippen LogP contribution in [-0.2, 0) is 0 Å². The van der Waals surface area contributed by atoms with Crippen molar-refractivity contribution >= 4 is 5.97 Å². The molecule has 2 rings (SSSR count). The molecule has 5 heteroatoms. The molecule has 0 saturated carbocycles. The molecule has 0 spiro atoms. The molecule has 1 N–H and O–H groups in total. The number of benzene rings is 1. The van der Waals surface area contributed by atoms with Crippen LogP contribution in [0, 0.1) is 13.8 Å². The van der Waals surface area contributed by atoms with Gasteiger partial charge in [-0.25, -0.2) is 9.78 Å². The van der Waals surface area contributed by atoms with Crippen molar-refractivity contribution in [3.8, 4) is 11.4 Å². The Kier molecular flexibility index (Phi) is 3.06. The molecule has 18 heavy (non-hydrogen) atoms. The number of hydrogen-bond acceptors (Lipinski definition) is 3. The van der Waals surface area contributed by atoms with Crippen molar-refractivity contribution < 1.29 is 14.6 Å². The Labute approximate surface area is 105 Å². The van der Waals surface area contributed by atoms with E-state index in [1.165, 1.54) is 13.2 Å². The standard InChI is InChI=1S/C13H14N2O3/c1-8-7-15(9(2)14-8)11-5-4-10(13(16)17)6-12(11)18-3/h4-7H,1-3H3,(H,16,17). The number of rotatable bonds is 3. The number of aryl methyl sites for hydroxylation is 2. The molecule has 0 radical (unpaired) electrons. The van der Waals surface area contributed by atoms with E-state index in [0.717, 1.165) is 17.2 Å². The topological polar surface area (TPSA) is 64.3 Å². The van der Waals surface area contributed by atoms with Crippen molar-refractivity contribution in [3.05, 3.63) is 41.5 Å². The summed E-state index contributed by atoms with van der Waals surface area (Å²) in [5.41, 5.74) is 1.88. The fraction of sp³-hybridized carbons (Fsp3) is 0.231.